The third kappa shape index (κ3) is 4.79. The molecule has 150 valence electrons. The van der Waals surface area contributed by atoms with Gasteiger partial charge in [-0.1, -0.05) is 44.1 Å². The molecule has 5 nitrogen and oxygen atoms in total. The molecule has 0 spiro atoms. The van der Waals surface area contributed by atoms with Crippen LogP contribution in [0.2, 0.25) is 0 Å². The molecule has 0 unspecified atom stereocenters. The number of amidine groups is 1. The number of aromatic nitrogens is 1. The fourth-order valence-electron chi connectivity index (χ4n) is 3.55. The standard InChI is InChI=1S/C22H23N3O2S2/c1-2-13-27-18-10-8-16(9-11-18)15-19-20(26)25(17-6-4-3-5-7-17)22(29-19)24-21-23-12-14-28-21/h2,8-12,14-15,17H,1,3-7,13H2/b19-15-,24-22+. The van der Waals surface area contributed by atoms with E-state index in [1.54, 1.807) is 12.3 Å². The molecule has 4 rings (SSSR count). The lowest BCUT2D eigenvalue weighted by Gasteiger charge is -2.30. The first-order valence-corrected chi connectivity index (χ1v) is 11.5. The van der Waals surface area contributed by atoms with Crippen LogP contribution in [0.15, 0.2) is 58.4 Å². The molecule has 2 aliphatic rings. The number of hydrogen-bond donors (Lipinski definition) is 0. The third-order valence-electron chi connectivity index (χ3n) is 4.93. The smallest absolute Gasteiger partial charge is 0.267 e. The lowest BCUT2D eigenvalue weighted by molar-refractivity contribution is -0.124. The molecule has 2 aromatic rings. The highest BCUT2D eigenvalue weighted by atomic mass is 32.2. The number of rotatable bonds is 6. The molecule has 7 heteroatoms. The van der Waals surface area contributed by atoms with Crippen LogP contribution in [0.3, 0.4) is 0 Å². The molecule has 1 aliphatic heterocycles. The molecule has 1 amide bonds. The quantitative estimate of drug-likeness (QED) is 0.444. The van der Waals surface area contributed by atoms with E-state index in [1.165, 1.54) is 29.5 Å². The Morgan fingerprint density at radius 1 is 1.24 bits per heavy atom. The molecular formula is C22H23N3O2S2. The van der Waals surface area contributed by atoms with Crippen molar-refractivity contribution in [2.75, 3.05) is 6.61 Å². The second kappa shape index (κ2) is 9.41. The van der Waals surface area contributed by atoms with Gasteiger partial charge in [0.25, 0.3) is 5.91 Å². The number of aliphatic imine (C=N–C) groups is 1. The van der Waals surface area contributed by atoms with Crippen molar-refractivity contribution in [3.05, 3.63) is 59.0 Å². The van der Waals surface area contributed by atoms with E-state index in [9.17, 15) is 4.79 Å². The number of amides is 1. The topological polar surface area (TPSA) is 54.8 Å². The molecule has 0 N–H and O–H groups in total. The van der Waals surface area contributed by atoms with Crippen molar-refractivity contribution in [3.63, 3.8) is 0 Å². The minimum absolute atomic E-state index is 0.0455. The molecule has 2 heterocycles. The zero-order valence-corrected chi connectivity index (χ0v) is 17.8. The number of thioether (sulfide) groups is 1. The SMILES string of the molecule is C=CCOc1ccc(/C=C2\S/C(=N/c3nccs3)N(C3CCCCC3)C2=O)cc1. The van der Waals surface area contributed by atoms with Gasteiger partial charge in [-0.25, -0.2) is 4.98 Å². The number of benzene rings is 1. The maximum Gasteiger partial charge on any atom is 0.267 e. The summed E-state index contributed by atoms with van der Waals surface area (Å²) in [5.74, 6) is 0.830. The molecule has 1 aliphatic carbocycles. The van der Waals surface area contributed by atoms with Crippen LogP contribution in [0.4, 0.5) is 5.13 Å². The predicted octanol–water partition coefficient (Wildman–Crippen LogP) is 5.64. The molecule has 0 radical (unpaired) electrons. The van der Waals surface area contributed by atoms with Gasteiger partial charge in [0.15, 0.2) is 5.17 Å². The lowest BCUT2D eigenvalue weighted by Crippen LogP contribution is -2.40. The Bertz CT molecular complexity index is 914. The van der Waals surface area contributed by atoms with E-state index in [1.807, 2.05) is 40.6 Å². The average molecular weight is 426 g/mol. The monoisotopic (exact) mass is 425 g/mol. The van der Waals surface area contributed by atoms with Gasteiger partial charge in [-0.15, -0.1) is 11.3 Å². The molecule has 0 atom stereocenters. The molecule has 1 aromatic heterocycles. The summed E-state index contributed by atoms with van der Waals surface area (Å²) in [4.78, 5) is 24.8. The zero-order valence-electron chi connectivity index (χ0n) is 16.1. The summed E-state index contributed by atoms with van der Waals surface area (Å²) in [5, 5.41) is 3.33. The number of carbonyl (C=O) groups excluding carboxylic acids is 1. The van der Waals surface area contributed by atoms with Crippen molar-refractivity contribution in [3.8, 4) is 5.75 Å². The number of ether oxygens (including phenoxy) is 1. The number of nitrogens with zero attached hydrogens (tertiary/aromatic N) is 3. The summed E-state index contributed by atoms with van der Waals surface area (Å²) in [7, 11) is 0. The minimum atomic E-state index is 0.0455. The summed E-state index contributed by atoms with van der Waals surface area (Å²) in [6.07, 6.45) is 11.0. The highest BCUT2D eigenvalue weighted by Gasteiger charge is 2.38. The highest BCUT2D eigenvalue weighted by molar-refractivity contribution is 8.18. The van der Waals surface area contributed by atoms with Crippen LogP contribution in [0, 0.1) is 0 Å². The predicted molar refractivity (Wildman–Crippen MR) is 121 cm³/mol. The van der Waals surface area contributed by atoms with Gasteiger partial charge >= 0.3 is 0 Å². The maximum absolute atomic E-state index is 13.3. The van der Waals surface area contributed by atoms with Gasteiger partial charge < -0.3 is 4.74 Å². The molecule has 1 saturated heterocycles. The van der Waals surface area contributed by atoms with Crippen LogP contribution in [-0.2, 0) is 4.79 Å². The highest BCUT2D eigenvalue weighted by Crippen LogP contribution is 2.38. The van der Waals surface area contributed by atoms with Crippen molar-refractivity contribution >= 4 is 45.4 Å². The van der Waals surface area contributed by atoms with E-state index in [2.05, 4.69) is 16.6 Å². The van der Waals surface area contributed by atoms with Crippen LogP contribution in [-0.4, -0.2) is 33.6 Å². The maximum atomic E-state index is 13.3. The summed E-state index contributed by atoms with van der Waals surface area (Å²) < 4.78 is 5.53. The van der Waals surface area contributed by atoms with Crippen LogP contribution in [0.25, 0.3) is 6.08 Å². The lowest BCUT2D eigenvalue weighted by atomic mass is 9.94. The fourth-order valence-corrected chi connectivity index (χ4v) is 5.15. The van der Waals surface area contributed by atoms with E-state index >= 15 is 0 Å². The van der Waals surface area contributed by atoms with Gasteiger partial charge in [-0.2, -0.15) is 4.99 Å². The largest absolute Gasteiger partial charge is 0.490 e. The second-order valence-electron chi connectivity index (χ2n) is 6.96. The van der Waals surface area contributed by atoms with Crippen LogP contribution in [0.1, 0.15) is 37.7 Å². The first-order valence-electron chi connectivity index (χ1n) is 9.79. The van der Waals surface area contributed by atoms with Crippen molar-refractivity contribution in [2.45, 2.75) is 38.1 Å². The van der Waals surface area contributed by atoms with E-state index in [0.29, 0.717) is 16.6 Å². The Morgan fingerprint density at radius 3 is 2.72 bits per heavy atom. The van der Waals surface area contributed by atoms with Crippen LogP contribution >= 0.6 is 23.1 Å². The number of hydrogen-bond acceptors (Lipinski definition) is 6. The number of carbonyl (C=O) groups is 1. The van der Waals surface area contributed by atoms with Gasteiger partial charge in [-0.05, 0) is 48.4 Å². The number of thiazole rings is 1. The van der Waals surface area contributed by atoms with Gasteiger partial charge in [0.05, 0.1) is 4.91 Å². The molecule has 1 saturated carbocycles. The Morgan fingerprint density at radius 2 is 2.03 bits per heavy atom. The molecular weight excluding hydrogens is 402 g/mol. The van der Waals surface area contributed by atoms with Crippen LogP contribution in [0.5, 0.6) is 5.75 Å². The summed E-state index contributed by atoms with van der Waals surface area (Å²) in [6, 6.07) is 7.95. The van der Waals surface area contributed by atoms with Crippen molar-refractivity contribution in [1.82, 2.24) is 9.88 Å². The third-order valence-corrected chi connectivity index (χ3v) is 6.58. The van der Waals surface area contributed by atoms with Gasteiger partial charge in [-0.3, -0.25) is 9.69 Å². The van der Waals surface area contributed by atoms with Crippen molar-refractivity contribution in [1.29, 1.82) is 0 Å². The van der Waals surface area contributed by atoms with Gasteiger partial charge in [0, 0.05) is 17.6 Å². The fraction of sp³-hybridized carbons (Fsp3) is 0.318. The van der Waals surface area contributed by atoms with Gasteiger partial charge in [0.2, 0.25) is 5.13 Å². The Balaban J connectivity index is 1.59. The summed E-state index contributed by atoms with van der Waals surface area (Å²) >= 11 is 2.92. The van der Waals surface area contributed by atoms with Gasteiger partial charge in [0.1, 0.15) is 12.4 Å². The molecule has 29 heavy (non-hydrogen) atoms. The van der Waals surface area contributed by atoms with Crippen LogP contribution < -0.4 is 4.74 Å². The molecule has 0 bridgehead atoms. The minimum Gasteiger partial charge on any atom is -0.490 e. The Labute approximate surface area is 179 Å². The first kappa shape index (κ1) is 19.9. The van der Waals surface area contributed by atoms with E-state index in [-0.39, 0.29) is 11.9 Å². The van der Waals surface area contributed by atoms with Crippen molar-refractivity contribution < 1.29 is 9.53 Å². The Hall–Kier alpha value is -2.38. The molecule has 1 aromatic carbocycles. The zero-order chi connectivity index (χ0) is 20.1. The second-order valence-corrected chi connectivity index (χ2v) is 8.84. The average Bonchev–Trinajstić information content (AvgIpc) is 3.36. The van der Waals surface area contributed by atoms with E-state index < -0.39 is 0 Å². The normalized spacial score (nSPS) is 20.6. The van der Waals surface area contributed by atoms with E-state index in [4.69, 9.17) is 4.74 Å². The van der Waals surface area contributed by atoms with Crippen molar-refractivity contribution in [2.24, 2.45) is 4.99 Å². The van der Waals surface area contributed by atoms with E-state index in [0.717, 1.165) is 42.2 Å². The Kier molecular flexibility index (Phi) is 6.46. The molecule has 2 fully saturated rings. The first-order chi connectivity index (χ1) is 14.2. The summed E-state index contributed by atoms with van der Waals surface area (Å²) in [6.45, 7) is 4.13. The summed E-state index contributed by atoms with van der Waals surface area (Å²) in [5.41, 5.74) is 0.964.